The zero-order valence-electron chi connectivity index (χ0n) is 13.5. The van der Waals surface area contributed by atoms with Crippen LogP contribution >= 0.6 is 11.8 Å². The highest BCUT2D eigenvalue weighted by molar-refractivity contribution is 8.16. The van der Waals surface area contributed by atoms with Gasteiger partial charge >= 0.3 is 0 Å². The highest BCUT2D eigenvalue weighted by Crippen LogP contribution is 2.30. The third-order valence-corrected chi connectivity index (χ3v) is 4.89. The summed E-state index contributed by atoms with van der Waals surface area (Å²) in [5.41, 5.74) is 2.11. The van der Waals surface area contributed by atoms with E-state index in [9.17, 15) is 4.79 Å². The average Bonchev–Trinajstić information content (AvgIpc) is 3.33. The van der Waals surface area contributed by atoms with E-state index in [-0.39, 0.29) is 12.5 Å². The maximum absolute atomic E-state index is 12.1. The number of amides is 1. The first-order chi connectivity index (χ1) is 12.3. The number of carbonyl (C=O) groups is 1. The summed E-state index contributed by atoms with van der Waals surface area (Å²) in [6, 6.07) is 9.95. The van der Waals surface area contributed by atoms with E-state index in [2.05, 4.69) is 25.3 Å². The van der Waals surface area contributed by atoms with Crippen LogP contribution in [0.15, 0.2) is 51.0 Å². The molecule has 0 radical (unpaired) electrons. The van der Waals surface area contributed by atoms with Gasteiger partial charge in [0.1, 0.15) is 0 Å². The van der Waals surface area contributed by atoms with Gasteiger partial charge in [0.2, 0.25) is 11.8 Å². The van der Waals surface area contributed by atoms with Crippen LogP contribution in [0.5, 0.6) is 0 Å². The first-order valence-electron chi connectivity index (χ1n) is 8.08. The SMILES string of the molecule is O=C(CC1=CSC2=NCCN12)NCc1nc(Cc2ccccc2)no1. The molecule has 128 valence electrons. The quantitative estimate of drug-likeness (QED) is 0.852. The number of nitrogens with one attached hydrogen (secondary N) is 1. The Morgan fingerprint density at radius 3 is 3.08 bits per heavy atom. The maximum atomic E-state index is 12.1. The Morgan fingerprint density at radius 2 is 2.20 bits per heavy atom. The smallest absolute Gasteiger partial charge is 0.246 e. The van der Waals surface area contributed by atoms with Crippen LogP contribution in [0.4, 0.5) is 0 Å². The van der Waals surface area contributed by atoms with Gasteiger partial charge in [0, 0.05) is 18.7 Å². The van der Waals surface area contributed by atoms with Gasteiger partial charge in [-0.25, -0.2) is 0 Å². The number of thioether (sulfide) groups is 1. The summed E-state index contributed by atoms with van der Waals surface area (Å²) >= 11 is 1.57. The lowest BCUT2D eigenvalue weighted by Crippen LogP contribution is -2.28. The van der Waals surface area contributed by atoms with Crippen LogP contribution in [-0.4, -0.2) is 39.2 Å². The second-order valence-corrected chi connectivity index (χ2v) is 6.60. The molecule has 0 fully saturated rings. The Bertz CT molecular complexity index is 831. The molecule has 1 aromatic carbocycles. The summed E-state index contributed by atoms with van der Waals surface area (Å²) in [5, 5.41) is 9.77. The summed E-state index contributed by atoms with van der Waals surface area (Å²) in [7, 11) is 0. The molecule has 4 rings (SSSR count). The van der Waals surface area contributed by atoms with Crippen LogP contribution in [0.1, 0.15) is 23.7 Å². The largest absolute Gasteiger partial charge is 0.347 e. The van der Waals surface area contributed by atoms with Gasteiger partial charge < -0.3 is 14.7 Å². The number of hydrogen-bond acceptors (Lipinski definition) is 7. The van der Waals surface area contributed by atoms with Gasteiger partial charge in [-0.05, 0) is 11.0 Å². The zero-order chi connectivity index (χ0) is 17.1. The number of hydrogen-bond donors (Lipinski definition) is 1. The van der Waals surface area contributed by atoms with E-state index in [4.69, 9.17) is 4.52 Å². The van der Waals surface area contributed by atoms with Crippen LogP contribution in [-0.2, 0) is 17.8 Å². The molecular formula is C17H17N5O2S. The Balaban J connectivity index is 1.27. The van der Waals surface area contributed by atoms with Gasteiger partial charge in [0.15, 0.2) is 11.0 Å². The molecule has 0 atom stereocenters. The van der Waals surface area contributed by atoms with Gasteiger partial charge in [-0.3, -0.25) is 9.79 Å². The number of fused-ring (bicyclic) bond motifs is 1. The standard InChI is InChI=1S/C17H17N5O2S/c23-15(9-13-11-25-17-18-6-7-22(13)17)19-10-16-20-14(21-24-16)8-12-4-2-1-3-5-12/h1-5,11H,6-10H2,(H,19,23). The number of nitrogens with zero attached hydrogens (tertiary/aromatic N) is 4. The Morgan fingerprint density at radius 1 is 1.32 bits per heavy atom. The van der Waals surface area contributed by atoms with Gasteiger partial charge in [-0.15, -0.1) is 0 Å². The van der Waals surface area contributed by atoms with Gasteiger partial charge in [0.05, 0.1) is 19.5 Å². The molecule has 1 aromatic heterocycles. The molecule has 1 amide bonds. The molecule has 0 saturated heterocycles. The van der Waals surface area contributed by atoms with Crippen molar-refractivity contribution < 1.29 is 9.32 Å². The molecule has 1 N–H and O–H groups in total. The van der Waals surface area contributed by atoms with Crippen LogP contribution in [0, 0.1) is 0 Å². The molecule has 0 aliphatic carbocycles. The van der Waals surface area contributed by atoms with Crippen molar-refractivity contribution >= 4 is 22.8 Å². The molecule has 0 bridgehead atoms. The fourth-order valence-corrected chi connectivity index (χ4v) is 3.68. The first kappa shape index (κ1) is 15.9. The van der Waals surface area contributed by atoms with Crippen molar-refractivity contribution in [2.24, 2.45) is 4.99 Å². The monoisotopic (exact) mass is 355 g/mol. The minimum absolute atomic E-state index is 0.0668. The molecule has 0 saturated carbocycles. The molecule has 2 aliphatic rings. The average molecular weight is 355 g/mol. The molecule has 8 heteroatoms. The van der Waals surface area contributed by atoms with E-state index >= 15 is 0 Å². The minimum atomic E-state index is -0.0668. The molecule has 3 heterocycles. The Kier molecular flexibility index (Phi) is 4.51. The van der Waals surface area contributed by atoms with E-state index in [1.165, 1.54) is 0 Å². The molecule has 2 aromatic rings. The molecule has 0 unspecified atom stereocenters. The topological polar surface area (TPSA) is 83.6 Å². The van der Waals surface area contributed by atoms with Crippen molar-refractivity contribution in [1.29, 1.82) is 0 Å². The van der Waals surface area contributed by atoms with Crippen molar-refractivity contribution in [2.45, 2.75) is 19.4 Å². The second kappa shape index (κ2) is 7.10. The molecular weight excluding hydrogens is 338 g/mol. The van der Waals surface area contributed by atoms with Crippen molar-refractivity contribution in [3.8, 4) is 0 Å². The lowest BCUT2D eigenvalue weighted by molar-refractivity contribution is -0.120. The van der Waals surface area contributed by atoms with Crippen molar-refractivity contribution in [2.75, 3.05) is 13.1 Å². The van der Waals surface area contributed by atoms with E-state index in [0.717, 1.165) is 29.5 Å². The number of aliphatic imine (C=N–C) groups is 1. The summed E-state index contributed by atoms with van der Waals surface area (Å²) in [5.74, 6) is 0.962. The Labute approximate surface area is 149 Å². The molecule has 25 heavy (non-hydrogen) atoms. The third kappa shape index (κ3) is 3.74. The van der Waals surface area contributed by atoms with E-state index in [0.29, 0.717) is 24.6 Å². The second-order valence-electron chi connectivity index (χ2n) is 5.76. The minimum Gasteiger partial charge on any atom is -0.347 e. The Hall–Kier alpha value is -2.61. The fraction of sp³-hybridized carbons (Fsp3) is 0.294. The zero-order valence-corrected chi connectivity index (χ0v) is 14.3. The maximum Gasteiger partial charge on any atom is 0.246 e. The highest BCUT2D eigenvalue weighted by atomic mass is 32.2. The number of benzene rings is 1. The predicted octanol–water partition coefficient (Wildman–Crippen LogP) is 1.93. The summed E-state index contributed by atoms with van der Waals surface area (Å²) in [6.45, 7) is 1.89. The van der Waals surface area contributed by atoms with Gasteiger partial charge in [-0.1, -0.05) is 47.3 Å². The van der Waals surface area contributed by atoms with E-state index < -0.39 is 0 Å². The lowest BCUT2D eigenvalue weighted by Gasteiger charge is -2.15. The highest BCUT2D eigenvalue weighted by Gasteiger charge is 2.27. The van der Waals surface area contributed by atoms with Crippen molar-refractivity contribution in [3.05, 3.63) is 58.7 Å². The predicted molar refractivity (Wildman–Crippen MR) is 94.7 cm³/mol. The number of carbonyl (C=O) groups excluding carboxylic acids is 1. The van der Waals surface area contributed by atoms with Crippen LogP contribution in [0.2, 0.25) is 0 Å². The number of rotatable bonds is 6. The third-order valence-electron chi connectivity index (χ3n) is 3.94. The number of aromatic nitrogens is 2. The molecule has 2 aliphatic heterocycles. The summed E-state index contributed by atoms with van der Waals surface area (Å²) in [4.78, 5) is 22.9. The first-order valence-corrected chi connectivity index (χ1v) is 8.96. The number of amidine groups is 1. The molecule has 7 nitrogen and oxygen atoms in total. The van der Waals surface area contributed by atoms with Gasteiger partial charge in [0.25, 0.3) is 0 Å². The van der Waals surface area contributed by atoms with E-state index in [1.807, 2.05) is 35.7 Å². The van der Waals surface area contributed by atoms with Gasteiger partial charge in [-0.2, -0.15) is 4.98 Å². The summed E-state index contributed by atoms with van der Waals surface area (Å²) < 4.78 is 5.20. The molecule has 0 spiro atoms. The van der Waals surface area contributed by atoms with Crippen LogP contribution < -0.4 is 5.32 Å². The van der Waals surface area contributed by atoms with Crippen molar-refractivity contribution in [3.63, 3.8) is 0 Å². The van der Waals surface area contributed by atoms with Crippen LogP contribution in [0.25, 0.3) is 0 Å². The van der Waals surface area contributed by atoms with Crippen molar-refractivity contribution in [1.82, 2.24) is 20.4 Å². The lowest BCUT2D eigenvalue weighted by atomic mass is 10.1. The normalized spacial score (nSPS) is 15.8. The fourth-order valence-electron chi connectivity index (χ4n) is 2.73. The van der Waals surface area contributed by atoms with E-state index in [1.54, 1.807) is 11.8 Å². The summed E-state index contributed by atoms with van der Waals surface area (Å²) in [6.07, 6.45) is 0.941. The van der Waals surface area contributed by atoms with Crippen LogP contribution in [0.3, 0.4) is 0 Å².